The maximum atomic E-state index is 12.2. The lowest BCUT2D eigenvalue weighted by atomic mass is 10.2. The van der Waals surface area contributed by atoms with Gasteiger partial charge >= 0.3 is 0 Å². The molecule has 0 aliphatic heterocycles. The number of carbonyl (C=O) groups excluding carboxylic acids is 1. The lowest BCUT2D eigenvalue weighted by Crippen LogP contribution is -2.15. The number of aromatic nitrogens is 3. The van der Waals surface area contributed by atoms with Crippen molar-refractivity contribution in [3.05, 3.63) is 33.5 Å². The minimum atomic E-state index is -0.124. The van der Waals surface area contributed by atoms with Gasteiger partial charge in [-0.1, -0.05) is 60.1 Å². The van der Waals surface area contributed by atoms with Crippen molar-refractivity contribution >= 4 is 50.9 Å². The van der Waals surface area contributed by atoms with Crippen molar-refractivity contribution in [2.24, 2.45) is 0 Å². The third-order valence-corrected chi connectivity index (χ3v) is 5.02. The van der Waals surface area contributed by atoms with Crippen molar-refractivity contribution in [3.8, 4) is 0 Å². The van der Waals surface area contributed by atoms with Gasteiger partial charge in [-0.15, -0.1) is 10.2 Å². The Bertz CT molecular complexity index is 720. The zero-order valence-corrected chi connectivity index (χ0v) is 17.0. The molecule has 0 spiro atoms. The second-order valence-electron chi connectivity index (χ2n) is 5.61. The highest BCUT2D eigenvalue weighted by Gasteiger charge is 2.16. The number of carbonyl (C=O) groups is 1. The molecule has 2 aromatic rings. The van der Waals surface area contributed by atoms with Crippen LogP contribution in [0.25, 0.3) is 0 Å². The summed E-state index contributed by atoms with van der Waals surface area (Å²) in [6.07, 6.45) is 0.992. The maximum absolute atomic E-state index is 12.2. The minimum Gasteiger partial charge on any atom is -0.324 e. The first-order valence-electron chi connectivity index (χ1n) is 7.73. The summed E-state index contributed by atoms with van der Waals surface area (Å²) < 4.78 is 2.96. The van der Waals surface area contributed by atoms with E-state index in [0.717, 1.165) is 28.4 Å². The molecular formula is C16H20BrClN4OS. The molecule has 0 aliphatic carbocycles. The van der Waals surface area contributed by atoms with Crippen LogP contribution in [0.15, 0.2) is 27.8 Å². The largest absolute Gasteiger partial charge is 0.324 e. The van der Waals surface area contributed by atoms with Gasteiger partial charge in [-0.2, -0.15) is 0 Å². The molecule has 8 heteroatoms. The van der Waals surface area contributed by atoms with E-state index >= 15 is 0 Å². The van der Waals surface area contributed by atoms with Crippen molar-refractivity contribution in [2.45, 2.75) is 44.8 Å². The van der Waals surface area contributed by atoms with E-state index in [1.54, 1.807) is 12.1 Å². The predicted molar refractivity (Wildman–Crippen MR) is 103 cm³/mol. The van der Waals surface area contributed by atoms with E-state index in [1.807, 2.05) is 6.07 Å². The number of hydrogen-bond acceptors (Lipinski definition) is 4. The summed E-state index contributed by atoms with van der Waals surface area (Å²) in [6.45, 7) is 7.14. The molecule has 1 aromatic carbocycles. The molecule has 1 aromatic heterocycles. The van der Waals surface area contributed by atoms with E-state index in [2.05, 4.69) is 56.8 Å². The van der Waals surface area contributed by atoms with Crippen molar-refractivity contribution in [1.29, 1.82) is 0 Å². The molecule has 0 aliphatic rings. The minimum absolute atomic E-state index is 0.124. The Morgan fingerprint density at radius 1 is 1.42 bits per heavy atom. The molecule has 0 atom stereocenters. The van der Waals surface area contributed by atoms with Crippen LogP contribution < -0.4 is 5.32 Å². The van der Waals surface area contributed by atoms with Crippen molar-refractivity contribution in [1.82, 2.24) is 14.8 Å². The lowest BCUT2D eigenvalue weighted by Gasteiger charge is -2.11. The molecular weight excluding hydrogens is 412 g/mol. The Kier molecular flexibility index (Phi) is 7.13. The van der Waals surface area contributed by atoms with Gasteiger partial charge in [0.2, 0.25) is 5.91 Å². The van der Waals surface area contributed by atoms with E-state index in [4.69, 9.17) is 11.6 Å². The molecule has 0 unspecified atom stereocenters. The van der Waals surface area contributed by atoms with Crippen LogP contribution in [0.1, 0.15) is 38.9 Å². The fourth-order valence-corrected chi connectivity index (χ4v) is 3.67. The first kappa shape index (κ1) is 19.3. The van der Waals surface area contributed by atoms with Gasteiger partial charge in [-0.05, 0) is 24.6 Å². The zero-order valence-electron chi connectivity index (χ0n) is 13.8. The number of halogens is 2. The van der Waals surface area contributed by atoms with Crippen molar-refractivity contribution < 1.29 is 4.79 Å². The van der Waals surface area contributed by atoms with E-state index in [0.29, 0.717) is 16.6 Å². The monoisotopic (exact) mass is 430 g/mol. The summed E-state index contributed by atoms with van der Waals surface area (Å²) in [4.78, 5) is 12.2. The van der Waals surface area contributed by atoms with E-state index < -0.39 is 0 Å². The summed E-state index contributed by atoms with van der Waals surface area (Å²) >= 11 is 10.8. The smallest absolute Gasteiger partial charge is 0.234 e. The molecule has 0 saturated heterocycles. The number of rotatable bonds is 7. The molecule has 24 heavy (non-hydrogen) atoms. The second-order valence-corrected chi connectivity index (χ2v) is 7.87. The van der Waals surface area contributed by atoms with Gasteiger partial charge < -0.3 is 9.88 Å². The van der Waals surface area contributed by atoms with Crippen molar-refractivity contribution in [2.75, 3.05) is 11.1 Å². The Labute approximate surface area is 159 Å². The summed E-state index contributed by atoms with van der Waals surface area (Å²) in [6, 6.07) is 5.35. The molecule has 0 bridgehead atoms. The van der Waals surface area contributed by atoms with E-state index in [1.165, 1.54) is 11.8 Å². The highest BCUT2D eigenvalue weighted by Crippen LogP contribution is 2.26. The number of hydrogen-bond donors (Lipinski definition) is 1. The van der Waals surface area contributed by atoms with Gasteiger partial charge in [0.15, 0.2) is 5.16 Å². The standard InChI is InChI=1S/C16H20BrClN4OS/c1-4-7-22-15(10(2)3)20-21-16(22)24-9-14(23)19-13-6-5-11(17)8-12(13)18/h5-6,8,10H,4,7,9H2,1-3H3,(H,19,23). The molecule has 0 saturated carbocycles. The normalized spacial score (nSPS) is 11.1. The highest BCUT2D eigenvalue weighted by molar-refractivity contribution is 9.10. The molecule has 5 nitrogen and oxygen atoms in total. The third-order valence-electron chi connectivity index (χ3n) is 3.25. The van der Waals surface area contributed by atoms with Gasteiger partial charge in [0.1, 0.15) is 5.82 Å². The van der Waals surface area contributed by atoms with Crippen LogP contribution in [0.3, 0.4) is 0 Å². The van der Waals surface area contributed by atoms with Crippen LogP contribution in [0.5, 0.6) is 0 Å². The van der Waals surface area contributed by atoms with Gasteiger partial charge in [0, 0.05) is 16.9 Å². The SMILES string of the molecule is CCCn1c(SCC(=O)Nc2ccc(Br)cc2Cl)nnc1C(C)C. The second kappa shape index (κ2) is 8.87. The Morgan fingerprint density at radius 3 is 2.79 bits per heavy atom. The molecule has 1 heterocycles. The number of amides is 1. The molecule has 2 rings (SSSR count). The van der Waals surface area contributed by atoms with Gasteiger partial charge in [-0.25, -0.2) is 0 Å². The average Bonchev–Trinajstić information content (AvgIpc) is 2.91. The number of nitrogens with one attached hydrogen (secondary N) is 1. The lowest BCUT2D eigenvalue weighted by molar-refractivity contribution is -0.113. The molecule has 0 fully saturated rings. The quantitative estimate of drug-likeness (QED) is 0.630. The van der Waals surface area contributed by atoms with E-state index in [-0.39, 0.29) is 11.7 Å². The average molecular weight is 432 g/mol. The fourth-order valence-electron chi connectivity index (χ4n) is 2.17. The number of anilines is 1. The Balaban J connectivity index is 2.01. The Morgan fingerprint density at radius 2 is 2.17 bits per heavy atom. The van der Waals surface area contributed by atoms with Crippen LogP contribution in [-0.4, -0.2) is 26.4 Å². The molecule has 1 amide bonds. The topological polar surface area (TPSA) is 59.8 Å². The van der Waals surface area contributed by atoms with Crippen LogP contribution in [0.4, 0.5) is 5.69 Å². The summed E-state index contributed by atoms with van der Waals surface area (Å²) in [5.74, 6) is 1.39. The van der Waals surface area contributed by atoms with E-state index in [9.17, 15) is 4.79 Å². The number of thioether (sulfide) groups is 1. The summed E-state index contributed by atoms with van der Waals surface area (Å²) in [5.41, 5.74) is 0.600. The predicted octanol–water partition coefficient (Wildman–Crippen LogP) is 4.96. The van der Waals surface area contributed by atoms with Gasteiger partial charge in [-0.3, -0.25) is 4.79 Å². The highest BCUT2D eigenvalue weighted by atomic mass is 79.9. The van der Waals surface area contributed by atoms with Crippen LogP contribution >= 0.6 is 39.3 Å². The first-order valence-corrected chi connectivity index (χ1v) is 9.88. The van der Waals surface area contributed by atoms with Crippen LogP contribution in [0.2, 0.25) is 5.02 Å². The van der Waals surface area contributed by atoms with Crippen LogP contribution in [-0.2, 0) is 11.3 Å². The zero-order chi connectivity index (χ0) is 17.7. The molecule has 0 radical (unpaired) electrons. The maximum Gasteiger partial charge on any atom is 0.234 e. The first-order chi connectivity index (χ1) is 11.4. The third kappa shape index (κ3) is 4.97. The Hall–Kier alpha value is -1.05. The number of benzene rings is 1. The summed E-state index contributed by atoms with van der Waals surface area (Å²) in [5, 5.41) is 12.6. The molecule has 130 valence electrons. The van der Waals surface area contributed by atoms with Gasteiger partial charge in [0.05, 0.1) is 16.5 Å². The fraction of sp³-hybridized carbons (Fsp3) is 0.438. The number of nitrogens with zero attached hydrogens (tertiary/aromatic N) is 3. The molecule has 1 N–H and O–H groups in total. The van der Waals surface area contributed by atoms with Crippen LogP contribution in [0, 0.1) is 0 Å². The van der Waals surface area contributed by atoms with Gasteiger partial charge in [0.25, 0.3) is 0 Å². The van der Waals surface area contributed by atoms with Crippen molar-refractivity contribution in [3.63, 3.8) is 0 Å². The summed E-state index contributed by atoms with van der Waals surface area (Å²) in [7, 11) is 0.